The number of rotatable bonds is 3. The van der Waals surface area contributed by atoms with Crippen molar-refractivity contribution in [3.8, 4) is 6.07 Å². The third-order valence-electron chi connectivity index (χ3n) is 3.84. The molecule has 1 aromatic carbocycles. The maximum Gasteiger partial charge on any atom is 0.0991 e. The Morgan fingerprint density at radius 3 is 2.61 bits per heavy atom. The first-order chi connectivity index (χ1) is 8.56. The minimum atomic E-state index is 0.175. The molecule has 1 aliphatic heterocycles. The van der Waals surface area contributed by atoms with Crippen molar-refractivity contribution in [3.05, 3.63) is 29.8 Å². The quantitative estimate of drug-likeness (QED) is 0.887. The summed E-state index contributed by atoms with van der Waals surface area (Å²) in [6.45, 7) is 6.39. The van der Waals surface area contributed by atoms with Gasteiger partial charge in [0, 0.05) is 17.8 Å². The second-order valence-electron chi connectivity index (χ2n) is 5.73. The van der Waals surface area contributed by atoms with Gasteiger partial charge in [-0.05, 0) is 63.4 Å². The molecule has 0 aliphatic carbocycles. The molecule has 1 aromatic rings. The molecule has 0 bridgehead atoms. The molecule has 0 radical (unpaired) electrons. The zero-order chi connectivity index (χ0) is 13.2. The Bertz CT molecular complexity index is 442. The number of hydrogen-bond donors (Lipinski definition) is 1. The Kier molecular flexibility index (Phi) is 3.58. The van der Waals surface area contributed by atoms with E-state index in [9.17, 15) is 0 Å². The Hall–Kier alpha value is -1.53. The van der Waals surface area contributed by atoms with Crippen LogP contribution in [0, 0.1) is 17.2 Å². The van der Waals surface area contributed by atoms with Crippen molar-refractivity contribution < 1.29 is 0 Å². The van der Waals surface area contributed by atoms with Crippen LogP contribution in [-0.2, 0) is 0 Å². The molecule has 96 valence electrons. The average Bonchev–Trinajstić information content (AvgIpc) is 2.65. The van der Waals surface area contributed by atoms with E-state index in [-0.39, 0.29) is 5.54 Å². The standard InChI is InChI=1S/C15H21N3/c1-15(2)9-13(7-8-16)11-18(15)14-5-3-12(10-17)4-6-14/h3-6,13H,7-9,11,16H2,1-2H3. The number of benzene rings is 1. The summed E-state index contributed by atoms with van der Waals surface area (Å²) in [5, 5.41) is 8.83. The summed E-state index contributed by atoms with van der Waals surface area (Å²) >= 11 is 0. The van der Waals surface area contributed by atoms with E-state index in [0.29, 0.717) is 11.5 Å². The van der Waals surface area contributed by atoms with Crippen LogP contribution in [0.4, 0.5) is 5.69 Å². The molecular weight excluding hydrogens is 222 g/mol. The van der Waals surface area contributed by atoms with Gasteiger partial charge in [-0.1, -0.05) is 0 Å². The highest BCUT2D eigenvalue weighted by atomic mass is 15.2. The third kappa shape index (κ3) is 2.49. The summed E-state index contributed by atoms with van der Waals surface area (Å²) < 4.78 is 0. The van der Waals surface area contributed by atoms with Gasteiger partial charge in [0.25, 0.3) is 0 Å². The van der Waals surface area contributed by atoms with E-state index in [1.165, 1.54) is 12.1 Å². The van der Waals surface area contributed by atoms with Crippen LogP contribution in [0.5, 0.6) is 0 Å². The topological polar surface area (TPSA) is 53.0 Å². The monoisotopic (exact) mass is 243 g/mol. The van der Waals surface area contributed by atoms with E-state index in [2.05, 4.69) is 24.8 Å². The summed E-state index contributed by atoms with van der Waals surface area (Å²) in [7, 11) is 0. The first-order valence-corrected chi connectivity index (χ1v) is 6.54. The van der Waals surface area contributed by atoms with Crippen LogP contribution in [0.3, 0.4) is 0 Å². The lowest BCUT2D eigenvalue weighted by Gasteiger charge is -2.33. The van der Waals surface area contributed by atoms with Gasteiger partial charge in [-0.25, -0.2) is 0 Å². The van der Waals surface area contributed by atoms with Gasteiger partial charge < -0.3 is 10.6 Å². The molecule has 3 heteroatoms. The molecule has 1 fully saturated rings. The molecule has 18 heavy (non-hydrogen) atoms. The van der Waals surface area contributed by atoms with Crippen molar-refractivity contribution in [1.82, 2.24) is 0 Å². The molecule has 1 unspecified atom stereocenters. The van der Waals surface area contributed by atoms with Gasteiger partial charge in [-0.15, -0.1) is 0 Å². The minimum absolute atomic E-state index is 0.175. The first kappa shape index (κ1) is 12.9. The highest BCUT2D eigenvalue weighted by Gasteiger charge is 2.37. The van der Waals surface area contributed by atoms with Crippen molar-refractivity contribution >= 4 is 5.69 Å². The molecule has 3 nitrogen and oxygen atoms in total. The van der Waals surface area contributed by atoms with Crippen molar-refractivity contribution in [1.29, 1.82) is 5.26 Å². The fourth-order valence-electron chi connectivity index (χ4n) is 2.99. The smallest absolute Gasteiger partial charge is 0.0991 e. The van der Waals surface area contributed by atoms with E-state index in [4.69, 9.17) is 11.0 Å². The predicted molar refractivity (Wildman–Crippen MR) is 74.4 cm³/mol. The van der Waals surface area contributed by atoms with Crippen LogP contribution in [0.2, 0.25) is 0 Å². The average molecular weight is 243 g/mol. The molecule has 0 amide bonds. The SMILES string of the molecule is CC1(C)CC(CCN)CN1c1ccc(C#N)cc1. The lowest BCUT2D eigenvalue weighted by atomic mass is 9.94. The molecular formula is C15H21N3. The van der Waals surface area contributed by atoms with Gasteiger partial charge in [-0.2, -0.15) is 5.26 Å². The molecule has 1 atom stereocenters. The van der Waals surface area contributed by atoms with Gasteiger partial charge in [0.1, 0.15) is 0 Å². The van der Waals surface area contributed by atoms with E-state index in [1.807, 2.05) is 24.3 Å². The summed E-state index contributed by atoms with van der Waals surface area (Å²) in [5.74, 6) is 0.681. The van der Waals surface area contributed by atoms with E-state index in [1.54, 1.807) is 0 Å². The van der Waals surface area contributed by atoms with Crippen LogP contribution in [0.1, 0.15) is 32.3 Å². The normalized spacial score (nSPS) is 21.9. The summed E-state index contributed by atoms with van der Waals surface area (Å²) in [6.07, 6.45) is 2.28. The van der Waals surface area contributed by atoms with Gasteiger partial charge >= 0.3 is 0 Å². The summed E-state index contributed by atoms with van der Waals surface area (Å²) in [6, 6.07) is 10.0. The summed E-state index contributed by atoms with van der Waals surface area (Å²) in [4.78, 5) is 2.44. The Labute approximate surface area is 109 Å². The molecule has 0 aromatic heterocycles. The first-order valence-electron chi connectivity index (χ1n) is 6.54. The maximum absolute atomic E-state index is 8.83. The van der Waals surface area contributed by atoms with Crippen LogP contribution < -0.4 is 10.6 Å². The van der Waals surface area contributed by atoms with E-state index in [0.717, 1.165) is 19.5 Å². The van der Waals surface area contributed by atoms with Gasteiger partial charge in [0.05, 0.1) is 11.6 Å². The zero-order valence-electron chi connectivity index (χ0n) is 11.2. The second-order valence-corrected chi connectivity index (χ2v) is 5.73. The van der Waals surface area contributed by atoms with Gasteiger partial charge in [0.15, 0.2) is 0 Å². The van der Waals surface area contributed by atoms with Gasteiger partial charge in [0.2, 0.25) is 0 Å². The van der Waals surface area contributed by atoms with Crippen LogP contribution in [0.15, 0.2) is 24.3 Å². The number of hydrogen-bond acceptors (Lipinski definition) is 3. The lowest BCUT2D eigenvalue weighted by molar-refractivity contribution is 0.458. The number of nitriles is 1. The Balaban J connectivity index is 2.19. The fraction of sp³-hybridized carbons (Fsp3) is 0.533. The molecule has 2 N–H and O–H groups in total. The van der Waals surface area contributed by atoms with Crippen molar-refractivity contribution in [2.45, 2.75) is 32.2 Å². The number of nitrogens with two attached hydrogens (primary N) is 1. The predicted octanol–water partition coefficient (Wildman–Crippen LogP) is 2.51. The largest absolute Gasteiger partial charge is 0.366 e. The highest BCUT2D eigenvalue weighted by Crippen LogP contribution is 2.37. The van der Waals surface area contributed by atoms with Crippen LogP contribution in [0.25, 0.3) is 0 Å². The lowest BCUT2D eigenvalue weighted by Crippen LogP contribution is -2.38. The highest BCUT2D eigenvalue weighted by molar-refractivity contribution is 5.52. The van der Waals surface area contributed by atoms with Gasteiger partial charge in [-0.3, -0.25) is 0 Å². The Morgan fingerprint density at radius 2 is 2.06 bits per heavy atom. The van der Waals surface area contributed by atoms with E-state index >= 15 is 0 Å². The molecule has 1 heterocycles. The number of nitrogens with zero attached hydrogens (tertiary/aromatic N) is 2. The fourth-order valence-corrected chi connectivity index (χ4v) is 2.99. The van der Waals surface area contributed by atoms with E-state index < -0.39 is 0 Å². The van der Waals surface area contributed by atoms with Crippen LogP contribution >= 0.6 is 0 Å². The van der Waals surface area contributed by atoms with Crippen molar-refractivity contribution in [2.75, 3.05) is 18.0 Å². The van der Waals surface area contributed by atoms with Crippen molar-refractivity contribution in [3.63, 3.8) is 0 Å². The number of anilines is 1. The molecule has 1 aliphatic rings. The zero-order valence-corrected chi connectivity index (χ0v) is 11.2. The van der Waals surface area contributed by atoms with Crippen molar-refractivity contribution in [2.24, 2.45) is 11.7 Å². The Morgan fingerprint density at radius 1 is 1.39 bits per heavy atom. The minimum Gasteiger partial charge on any atom is -0.366 e. The molecule has 0 spiro atoms. The van der Waals surface area contributed by atoms with Crippen LogP contribution in [-0.4, -0.2) is 18.6 Å². The molecule has 1 saturated heterocycles. The molecule has 2 rings (SSSR count). The maximum atomic E-state index is 8.83. The second kappa shape index (κ2) is 4.99. The third-order valence-corrected chi connectivity index (χ3v) is 3.84. The molecule has 0 saturated carbocycles. The summed E-state index contributed by atoms with van der Waals surface area (Å²) in [5.41, 5.74) is 7.76.